The first kappa shape index (κ1) is 54.4. The normalized spacial score (nSPS) is 11.8. The van der Waals surface area contributed by atoms with Gasteiger partial charge < -0.3 is 16.9 Å². The highest BCUT2D eigenvalue weighted by Crippen LogP contribution is 2.18. The summed E-state index contributed by atoms with van der Waals surface area (Å²) in [5.74, 6) is 0. The van der Waals surface area contributed by atoms with Crippen LogP contribution in [0.2, 0.25) is 0 Å². The molecule has 0 unspecified atom stereocenters. The zero-order chi connectivity index (χ0) is 37.0. The van der Waals surface area contributed by atoms with Crippen molar-refractivity contribution < 1.29 is 16.9 Å². The molecular weight excluding hydrogens is 650 g/mol. The Bertz CT molecular complexity index is 598. The molecule has 0 aromatic heterocycles. The maximum absolute atomic E-state index is 2.31. The van der Waals surface area contributed by atoms with Crippen molar-refractivity contribution in [2.75, 3.05) is 27.7 Å². The molecule has 0 aliphatic heterocycles. The molecule has 1 nitrogen and oxygen atoms in total. The van der Waals surface area contributed by atoms with E-state index < -0.39 is 0 Å². The largest absolute Gasteiger partial charge is 1.00 e. The second kappa shape index (κ2) is 47.4. The fraction of sp³-hybridized carbons (Fsp3) is 1.00. The van der Waals surface area contributed by atoms with Crippen molar-refractivity contribution in [3.05, 3.63) is 0 Å². The van der Waals surface area contributed by atoms with Gasteiger partial charge in [-0.2, -0.15) is 0 Å². The van der Waals surface area contributed by atoms with Crippen LogP contribution in [0, 0.1) is 0 Å². The first-order valence-electron chi connectivity index (χ1n) is 24.9. The van der Waals surface area contributed by atoms with Crippen molar-refractivity contribution in [2.45, 2.75) is 296 Å². The lowest BCUT2D eigenvalue weighted by Crippen LogP contribution is -3.00. The second-order valence-electron chi connectivity index (χ2n) is 18.6. The summed E-state index contributed by atoms with van der Waals surface area (Å²) in [5.41, 5.74) is 0. The maximum atomic E-state index is 2.31. The Balaban J connectivity index is 0. The fourth-order valence-electron chi connectivity index (χ4n) is 8.26. The van der Waals surface area contributed by atoms with Gasteiger partial charge in [-0.05, 0) is 12.8 Å². The van der Waals surface area contributed by atoms with Crippen LogP contribution in [0.5, 0.6) is 0 Å². The molecule has 0 aromatic rings. The van der Waals surface area contributed by atoms with Crippen LogP contribution in [0.25, 0.3) is 0 Å². The van der Waals surface area contributed by atoms with Gasteiger partial charge in [0.1, 0.15) is 0 Å². The van der Waals surface area contributed by atoms with Crippen molar-refractivity contribution in [1.82, 2.24) is 0 Å². The Labute approximate surface area is 339 Å². The molecule has 0 radical (unpaired) electrons. The molecule has 0 spiro atoms. The molecule has 0 aliphatic rings. The summed E-state index contributed by atoms with van der Waals surface area (Å²) in [7, 11) is 6.94. The highest BCUT2D eigenvalue weighted by atomic mass is 35.5. The first-order chi connectivity index (χ1) is 25.1. The lowest BCUT2D eigenvalue weighted by atomic mass is 10.0. The monoisotopic (exact) mass is 754 g/mol. The summed E-state index contributed by atoms with van der Waals surface area (Å²) in [4.78, 5) is 0. The summed E-state index contributed by atoms with van der Waals surface area (Å²) in [6, 6.07) is 0. The van der Waals surface area contributed by atoms with E-state index >= 15 is 0 Å². The predicted octanol–water partition coefficient (Wildman–Crippen LogP) is 15.3. The highest BCUT2D eigenvalue weighted by Gasteiger charge is 2.05. The molecule has 0 rings (SSSR count). The van der Waals surface area contributed by atoms with Crippen molar-refractivity contribution in [3.63, 3.8) is 0 Å². The molecule has 0 saturated carbocycles. The predicted molar refractivity (Wildman–Crippen MR) is 236 cm³/mol. The zero-order valence-corrected chi connectivity index (χ0v) is 38.1. The minimum Gasteiger partial charge on any atom is -1.00 e. The Morgan fingerprint density at radius 1 is 0.192 bits per heavy atom. The third-order valence-electron chi connectivity index (χ3n) is 11.9. The fourth-order valence-corrected chi connectivity index (χ4v) is 8.26. The molecule has 0 aromatic carbocycles. The molecule has 2 heteroatoms. The Morgan fingerprint density at radius 3 is 0.423 bits per heavy atom. The van der Waals surface area contributed by atoms with Crippen LogP contribution in [-0.2, 0) is 0 Å². The zero-order valence-electron chi connectivity index (χ0n) is 37.4. The Hall–Kier alpha value is 0.250. The van der Waals surface area contributed by atoms with Crippen molar-refractivity contribution in [1.29, 1.82) is 0 Å². The second-order valence-corrected chi connectivity index (χ2v) is 18.6. The van der Waals surface area contributed by atoms with Crippen molar-refractivity contribution >= 4 is 0 Å². The van der Waals surface area contributed by atoms with Gasteiger partial charge in [-0.25, -0.2) is 0 Å². The Morgan fingerprint density at radius 2 is 0.308 bits per heavy atom. The molecule has 0 atom stereocenters. The molecule has 0 bridgehead atoms. The van der Waals surface area contributed by atoms with E-state index in [1.807, 2.05) is 0 Å². The van der Waals surface area contributed by atoms with E-state index in [1.54, 1.807) is 0 Å². The van der Waals surface area contributed by atoms with Gasteiger partial charge in [-0.1, -0.05) is 283 Å². The van der Waals surface area contributed by atoms with Crippen LogP contribution < -0.4 is 12.4 Å². The van der Waals surface area contributed by atoms with Crippen LogP contribution in [0.3, 0.4) is 0 Å². The summed E-state index contributed by atoms with van der Waals surface area (Å²) < 4.78 is 1.12. The van der Waals surface area contributed by atoms with Crippen LogP contribution >= 0.6 is 0 Å². The number of nitrogens with zero attached hydrogens (tertiary/aromatic N) is 1. The highest BCUT2D eigenvalue weighted by molar-refractivity contribution is 4.54. The molecule has 0 aliphatic carbocycles. The maximum Gasteiger partial charge on any atom is 0.0780 e. The minimum atomic E-state index is 0. The Kier molecular flexibility index (Phi) is 49.5. The van der Waals surface area contributed by atoms with Gasteiger partial charge >= 0.3 is 0 Å². The summed E-state index contributed by atoms with van der Waals surface area (Å²) in [6.07, 6.45) is 66.8. The average molecular weight is 755 g/mol. The number of unbranched alkanes of at least 4 members (excludes halogenated alkanes) is 44. The van der Waals surface area contributed by atoms with Gasteiger partial charge in [-0.15, -0.1) is 0 Å². The minimum absolute atomic E-state index is 0. The number of rotatable bonds is 46. The lowest BCUT2D eigenvalue weighted by molar-refractivity contribution is -0.870. The molecule has 0 amide bonds. The van der Waals surface area contributed by atoms with Crippen LogP contribution in [0.1, 0.15) is 296 Å². The van der Waals surface area contributed by atoms with E-state index in [4.69, 9.17) is 0 Å². The van der Waals surface area contributed by atoms with E-state index in [-0.39, 0.29) is 12.4 Å². The molecular formula is C50H104ClN. The molecule has 52 heavy (non-hydrogen) atoms. The standard InChI is InChI=1S/C50H104N.ClH/c1-5-6-7-8-9-10-11-12-13-14-15-16-17-18-19-20-21-22-23-24-25-26-27-28-29-30-31-32-33-34-35-36-37-38-39-40-41-42-43-44-45-46-47-48-49-50-51(2,3)4;/h5-50H2,1-4H3;1H/q+1;/p-1. The SMILES string of the molecule is CCCCCCCCCCCCCCCCCCCCCCCCCCCCCCCCCCCCCCCCCCCCCCC[N+](C)(C)C.[Cl-]. The van der Waals surface area contributed by atoms with E-state index in [9.17, 15) is 0 Å². The van der Waals surface area contributed by atoms with Crippen LogP contribution in [0.4, 0.5) is 0 Å². The van der Waals surface area contributed by atoms with E-state index in [2.05, 4.69) is 28.1 Å². The van der Waals surface area contributed by atoms with Crippen molar-refractivity contribution in [2.24, 2.45) is 0 Å². The van der Waals surface area contributed by atoms with Gasteiger partial charge in [-0.3, -0.25) is 0 Å². The van der Waals surface area contributed by atoms with E-state index in [0.29, 0.717) is 0 Å². The summed E-state index contributed by atoms with van der Waals surface area (Å²) in [6.45, 7) is 3.65. The smallest absolute Gasteiger partial charge is 0.0780 e. The summed E-state index contributed by atoms with van der Waals surface area (Å²) in [5, 5.41) is 0. The van der Waals surface area contributed by atoms with Gasteiger partial charge in [0, 0.05) is 0 Å². The topological polar surface area (TPSA) is 0 Å². The van der Waals surface area contributed by atoms with E-state index in [1.165, 1.54) is 295 Å². The van der Waals surface area contributed by atoms with Gasteiger partial charge in [0.2, 0.25) is 0 Å². The molecule has 0 heterocycles. The number of hydrogen-bond acceptors (Lipinski definition) is 0. The first-order valence-corrected chi connectivity index (χ1v) is 24.9. The quantitative estimate of drug-likeness (QED) is 0.0429. The van der Waals surface area contributed by atoms with Gasteiger partial charge in [0.05, 0.1) is 27.7 Å². The van der Waals surface area contributed by atoms with Crippen LogP contribution in [0.15, 0.2) is 0 Å². The van der Waals surface area contributed by atoms with Gasteiger partial charge in [0.15, 0.2) is 0 Å². The molecule has 316 valence electrons. The number of hydrogen-bond donors (Lipinski definition) is 0. The van der Waals surface area contributed by atoms with E-state index in [0.717, 1.165) is 4.48 Å². The van der Waals surface area contributed by atoms with Crippen LogP contribution in [-0.4, -0.2) is 32.2 Å². The molecule has 0 fully saturated rings. The number of quaternary nitrogens is 1. The molecule has 0 N–H and O–H groups in total. The average Bonchev–Trinajstić information content (AvgIpc) is 3.11. The van der Waals surface area contributed by atoms with Gasteiger partial charge in [0.25, 0.3) is 0 Å². The number of halogens is 1. The molecule has 0 saturated heterocycles. The lowest BCUT2D eigenvalue weighted by Gasteiger charge is -2.23. The third kappa shape index (κ3) is 52.4. The van der Waals surface area contributed by atoms with Crippen molar-refractivity contribution in [3.8, 4) is 0 Å². The summed E-state index contributed by atoms with van der Waals surface area (Å²) >= 11 is 0. The third-order valence-corrected chi connectivity index (χ3v) is 11.9.